The first-order valence-corrected chi connectivity index (χ1v) is 8.68. The predicted molar refractivity (Wildman–Crippen MR) is 83.4 cm³/mol. The summed E-state index contributed by atoms with van der Waals surface area (Å²) in [5.41, 5.74) is -0.128. The van der Waals surface area contributed by atoms with E-state index in [-0.39, 0.29) is 5.54 Å². The van der Waals surface area contributed by atoms with E-state index in [0.29, 0.717) is 12.1 Å². The second kappa shape index (κ2) is 6.93. The van der Waals surface area contributed by atoms with Crippen LogP contribution in [0.5, 0.6) is 0 Å². The van der Waals surface area contributed by atoms with Crippen LogP contribution in [0.4, 0.5) is 0 Å². The van der Waals surface area contributed by atoms with Crippen molar-refractivity contribution in [3.05, 3.63) is 0 Å². The first kappa shape index (κ1) is 15.8. The Kier molecular flexibility index (Phi) is 5.48. The van der Waals surface area contributed by atoms with Crippen molar-refractivity contribution in [1.29, 1.82) is 0 Å². The van der Waals surface area contributed by atoms with Gasteiger partial charge in [0.2, 0.25) is 5.91 Å². The molecular formula is C17H32N2O. The molecule has 0 aromatic carbocycles. The molecule has 0 bridgehead atoms. The number of carbonyl (C=O) groups is 1. The van der Waals surface area contributed by atoms with Gasteiger partial charge in [-0.15, -0.1) is 0 Å². The summed E-state index contributed by atoms with van der Waals surface area (Å²) < 4.78 is 0. The maximum absolute atomic E-state index is 12.4. The predicted octanol–water partition coefficient (Wildman–Crippen LogP) is 3.68. The molecule has 1 saturated heterocycles. The maximum atomic E-state index is 12.4. The number of hydrogen-bond donors (Lipinski definition) is 1. The molecule has 1 saturated carbocycles. The summed E-state index contributed by atoms with van der Waals surface area (Å²) >= 11 is 0. The van der Waals surface area contributed by atoms with Gasteiger partial charge in [-0.05, 0) is 31.6 Å². The number of unbranched alkanes of at least 4 members (excludes halogenated alkanes) is 3. The molecule has 2 rings (SSSR count). The first-order valence-electron chi connectivity index (χ1n) is 8.68. The van der Waals surface area contributed by atoms with Crippen molar-refractivity contribution in [2.45, 2.75) is 90.3 Å². The fraction of sp³-hybridized carbons (Fsp3) is 0.941. The number of rotatable bonds is 9. The molecule has 20 heavy (non-hydrogen) atoms. The molecule has 0 radical (unpaired) electrons. The Morgan fingerprint density at radius 1 is 1.25 bits per heavy atom. The highest BCUT2D eigenvalue weighted by molar-refractivity contribution is 5.91. The van der Waals surface area contributed by atoms with Crippen molar-refractivity contribution in [2.24, 2.45) is 5.92 Å². The molecule has 1 unspecified atom stereocenters. The van der Waals surface area contributed by atoms with E-state index in [9.17, 15) is 4.79 Å². The van der Waals surface area contributed by atoms with Gasteiger partial charge < -0.3 is 4.90 Å². The van der Waals surface area contributed by atoms with Crippen LogP contribution in [0.15, 0.2) is 0 Å². The van der Waals surface area contributed by atoms with Crippen molar-refractivity contribution >= 4 is 5.91 Å². The van der Waals surface area contributed by atoms with Crippen LogP contribution < -0.4 is 5.32 Å². The number of nitrogens with zero attached hydrogens (tertiary/aromatic N) is 1. The minimum absolute atomic E-state index is 0.128. The minimum Gasteiger partial charge on any atom is -0.326 e. The zero-order chi connectivity index (χ0) is 14.6. The van der Waals surface area contributed by atoms with Crippen molar-refractivity contribution in [1.82, 2.24) is 10.2 Å². The molecule has 1 N–H and O–H groups in total. The zero-order valence-corrected chi connectivity index (χ0v) is 13.6. The van der Waals surface area contributed by atoms with Crippen LogP contribution in [-0.4, -0.2) is 29.1 Å². The number of carbonyl (C=O) groups excluding carboxylic acids is 1. The summed E-state index contributed by atoms with van der Waals surface area (Å²) in [5.74, 6) is 1.21. The quantitative estimate of drug-likeness (QED) is 0.653. The molecule has 3 heteroatoms. The molecular weight excluding hydrogens is 248 g/mol. The van der Waals surface area contributed by atoms with Crippen LogP contribution in [-0.2, 0) is 4.79 Å². The molecule has 2 aliphatic rings. The third-order valence-electron chi connectivity index (χ3n) is 4.73. The average molecular weight is 280 g/mol. The Morgan fingerprint density at radius 2 is 1.95 bits per heavy atom. The van der Waals surface area contributed by atoms with Gasteiger partial charge in [0, 0.05) is 6.54 Å². The second-order valence-electron chi connectivity index (χ2n) is 7.13. The third-order valence-corrected chi connectivity index (χ3v) is 4.73. The molecule has 3 nitrogen and oxygen atoms in total. The Balaban J connectivity index is 1.69. The van der Waals surface area contributed by atoms with Gasteiger partial charge in [-0.25, -0.2) is 0 Å². The normalized spacial score (nSPS) is 24.1. The van der Waals surface area contributed by atoms with E-state index in [1.807, 2.05) is 0 Å². The van der Waals surface area contributed by atoms with Crippen molar-refractivity contribution in [3.8, 4) is 0 Å². The van der Waals surface area contributed by atoms with Gasteiger partial charge in [-0.1, -0.05) is 52.9 Å². The monoisotopic (exact) mass is 280 g/mol. The highest BCUT2D eigenvalue weighted by Crippen LogP contribution is 2.42. The summed E-state index contributed by atoms with van der Waals surface area (Å²) in [4.78, 5) is 14.6. The number of amides is 1. The molecule has 0 aromatic heterocycles. The lowest BCUT2D eigenvalue weighted by Crippen LogP contribution is -2.37. The molecule has 1 heterocycles. The minimum atomic E-state index is -0.128. The topological polar surface area (TPSA) is 32.3 Å². The molecule has 2 fully saturated rings. The molecule has 0 aromatic rings. The van der Waals surface area contributed by atoms with Gasteiger partial charge in [0.15, 0.2) is 0 Å². The lowest BCUT2D eigenvalue weighted by molar-refractivity contribution is -0.130. The Bertz CT molecular complexity index is 323. The second-order valence-corrected chi connectivity index (χ2v) is 7.13. The highest BCUT2D eigenvalue weighted by Gasteiger charge is 2.58. The standard InChI is InChI=1S/C17H32N2O/c1-4-9-15-18-17(11-12-17)16(20)19(15)13-8-6-5-7-10-14(2)3/h14-15,18H,4-13H2,1-3H3. The van der Waals surface area contributed by atoms with Gasteiger partial charge in [-0.3, -0.25) is 10.1 Å². The Labute approximate surface area is 124 Å². The molecule has 1 aliphatic carbocycles. The molecule has 1 aliphatic heterocycles. The van der Waals surface area contributed by atoms with Gasteiger partial charge >= 0.3 is 0 Å². The highest BCUT2D eigenvalue weighted by atomic mass is 16.2. The fourth-order valence-corrected chi connectivity index (χ4v) is 3.31. The largest absolute Gasteiger partial charge is 0.326 e. The summed E-state index contributed by atoms with van der Waals surface area (Å²) in [5, 5.41) is 3.59. The molecule has 116 valence electrons. The lowest BCUT2D eigenvalue weighted by Gasteiger charge is -2.23. The molecule has 1 atom stereocenters. The Morgan fingerprint density at radius 3 is 2.55 bits per heavy atom. The number of nitrogens with one attached hydrogen (secondary N) is 1. The summed E-state index contributed by atoms with van der Waals surface area (Å²) in [6.07, 6.45) is 11.1. The number of hydrogen-bond acceptors (Lipinski definition) is 2. The average Bonchev–Trinajstić information content (AvgIpc) is 3.12. The van der Waals surface area contributed by atoms with Crippen LogP contribution in [0.2, 0.25) is 0 Å². The maximum Gasteiger partial charge on any atom is 0.244 e. The van der Waals surface area contributed by atoms with Gasteiger partial charge in [0.05, 0.1) is 11.7 Å². The van der Waals surface area contributed by atoms with Gasteiger partial charge in [0.1, 0.15) is 0 Å². The molecule has 1 amide bonds. The van der Waals surface area contributed by atoms with Crippen LogP contribution >= 0.6 is 0 Å². The lowest BCUT2D eigenvalue weighted by atomic mass is 10.0. The van der Waals surface area contributed by atoms with E-state index in [0.717, 1.165) is 38.1 Å². The van der Waals surface area contributed by atoms with Crippen LogP contribution in [0.1, 0.15) is 78.6 Å². The Hall–Kier alpha value is -0.570. The van der Waals surface area contributed by atoms with Gasteiger partial charge in [0.25, 0.3) is 0 Å². The fourth-order valence-electron chi connectivity index (χ4n) is 3.31. The summed E-state index contributed by atoms with van der Waals surface area (Å²) in [6, 6.07) is 0. The van der Waals surface area contributed by atoms with Crippen LogP contribution in [0, 0.1) is 5.92 Å². The van der Waals surface area contributed by atoms with Crippen LogP contribution in [0.25, 0.3) is 0 Å². The molecule has 1 spiro atoms. The van der Waals surface area contributed by atoms with Crippen LogP contribution in [0.3, 0.4) is 0 Å². The van der Waals surface area contributed by atoms with Crippen molar-refractivity contribution in [2.75, 3.05) is 6.54 Å². The van der Waals surface area contributed by atoms with E-state index >= 15 is 0 Å². The van der Waals surface area contributed by atoms with E-state index < -0.39 is 0 Å². The van der Waals surface area contributed by atoms with Crippen molar-refractivity contribution < 1.29 is 4.79 Å². The van der Waals surface area contributed by atoms with E-state index in [4.69, 9.17) is 0 Å². The van der Waals surface area contributed by atoms with E-state index in [2.05, 4.69) is 31.0 Å². The third kappa shape index (κ3) is 3.75. The SMILES string of the molecule is CCCC1NC2(CC2)C(=O)N1CCCCCCC(C)C. The summed E-state index contributed by atoms with van der Waals surface area (Å²) in [6.45, 7) is 7.74. The van der Waals surface area contributed by atoms with Gasteiger partial charge in [-0.2, -0.15) is 0 Å². The van der Waals surface area contributed by atoms with E-state index in [1.54, 1.807) is 0 Å². The summed E-state index contributed by atoms with van der Waals surface area (Å²) in [7, 11) is 0. The van der Waals surface area contributed by atoms with Crippen molar-refractivity contribution in [3.63, 3.8) is 0 Å². The first-order chi connectivity index (χ1) is 9.59. The smallest absolute Gasteiger partial charge is 0.244 e. The zero-order valence-electron chi connectivity index (χ0n) is 13.6. The van der Waals surface area contributed by atoms with E-state index in [1.165, 1.54) is 32.1 Å².